The van der Waals surface area contributed by atoms with Crippen molar-refractivity contribution in [3.63, 3.8) is 0 Å². The van der Waals surface area contributed by atoms with Crippen LogP contribution in [0.3, 0.4) is 0 Å². The quantitative estimate of drug-likeness (QED) is 0.573. The topological polar surface area (TPSA) is 29.3 Å². The van der Waals surface area contributed by atoms with E-state index in [9.17, 15) is 0 Å². The molecule has 4 heteroatoms. The van der Waals surface area contributed by atoms with E-state index in [4.69, 9.17) is 11.6 Å². The molecule has 0 saturated heterocycles. The van der Waals surface area contributed by atoms with Crippen molar-refractivity contribution in [1.82, 2.24) is 9.99 Å². The summed E-state index contributed by atoms with van der Waals surface area (Å²) in [6.07, 6.45) is 3.92. The molecule has 106 valence electrons. The number of benzene rings is 2. The van der Waals surface area contributed by atoms with Crippen molar-refractivity contribution >= 4 is 28.7 Å². The molecule has 0 radical (unpaired) electrons. The number of aryl methyl sites for hydroxylation is 1. The Labute approximate surface area is 128 Å². The standard InChI is InChI=1S/C17H16ClN3/c1-21-12-14(15-7-3-5-9-17(15)21)11-20-19-10-13-6-2-4-8-16(13)18/h2-9,11-12,19H,10H2,1H3/b20-11-. The molecule has 2 aromatic carbocycles. The van der Waals surface area contributed by atoms with Gasteiger partial charge in [-0.3, -0.25) is 0 Å². The molecule has 21 heavy (non-hydrogen) atoms. The predicted molar refractivity (Wildman–Crippen MR) is 88.8 cm³/mol. The van der Waals surface area contributed by atoms with Gasteiger partial charge < -0.3 is 9.99 Å². The van der Waals surface area contributed by atoms with E-state index < -0.39 is 0 Å². The fraction of sp³-hybridized carbons (Fsp3) is 0.118. The molecule has 0 fully saturated rings. The van der Waals surface area contributed by atoms with Gasteiger partial charge in [0.1, 0.15) is 0 Å². The van der Waals surface area contributed by atoms with Crippen molar-refractivity contribution in [2.75, 3.05) is 0 Å². The summed E-state index contributed by atoms with van der Waals surface area (Å²) in [5.41, 5.74) is 6.37. The third kappa shape index (κ3) is 2.93. The van der Waals surface area contributed by atoms with Crippen LogP contribution in [0.4, 0.5) is 0 Å². The SMILES string of the molecule is Cn1cc(/C=N\NCc2ccccc2Cl)c2ccccc21. The maximum Gasteiger partial charge on any atom is 0.0594 e. The smallest absolute Gasteiger partial charge is 0.0594 e. The zero-order valence-electron chi connectivity index (χ0n) is 11.8. The van der Waals surface area contributed by atoms with Gasteiger partial charge in [-0.05, 0) is 17.7 Å². The third-order valence-corrected chi connectivity index (χ3v) is 3.82. The summed E-state index contributed by atoms with van der Waals surface area (Å²) >= 11 is 6.11. The number of rotatable bonds is 4. The second-order valence-electron chi connectivity index (χ2n) is 4.90. The summed E-state index contributed by atoms with van der Waals surface area (Å²) in [7, 11) is 2.04. The van der Waals surface area contributed by atoms with E-state index in [1.807, 2.05) is 49.7 Å². The summed E-state index contributed by atoms with van der Waals surface area (Å²) in [6.45, 7) is 0.612. The van der Waals surface area contributed by atoms with E-state index >= 15 is 0 Å². The highest BCUT2D eigenvalue weighted by Gasteiger charge is 2.03. The Bertz CT molecular complexity index is 790. The minimum absolute atomic E-state index is 0.612. The van der Waals surface area contributed by atoms with Gasteiger partial charge in [-0.25, -0.2) is 0 Å². The summed E-state index contributed by atoms with van der Waals surface area (Å²) in [5.74, 6) is 0. The largest absolute Gasteiger partial charge is 0.350 e. The number of hydrogen-bond donors (Lipinski definition) is 1. The Morgan fingerprint density at radius 3 is 2.76 bits per heavy atom. The van der Waals surface area contributed by atoms with Crippen LogP contribution in [0.1, 0.15) is 11.1 Å². The van der Waals surface area contributed by atoms with E-state index in [0.717, 1.165) is 16.1 Å². The lowest BCUT2D eigenvalue weighted by Crippen LogP contribution is -2.05. The van der Waals surface area contributed by atoms with E-state index in [1.165, 1.54) is 10.9 Å². The zero-order valence-corrected chi connectivity index (χ0v) is 12.5. The molecule has 0 unspecified atom stereocenters. The number of hydrogen-bond acceptors (Lipinski definition) is 2. The minimum atomic E-state index is 0.612. The van der Waals surface area contributed by atoms with Crippen LogP contribution in [0.15, 0.2) is 59.8 Å². The van der Waals surface area contributed by atoms with E-state index in [0.29, 0.717) is 6.54 Å². The molecule has 0 aliphatic heterocycles. The number of nitrogens with one attached hydrogen (secondary N) is 1. The molecule has 3 rings (SSSR count). The Balaban J connectivity index is 1.73. The van der Waals surface area contributed by atoms with Gasteiger partial charge in [0.25, 0.3) is 0 Å². The molecular weight excluding hydrogens is 282 g/mol. The van der Waals surface area contributed by atoms with E-state index in [1.54, 1.807) is 0 Å². The average molecular weight is 298 g/mol. The molecule has 1 N–H and O–H groups in total. The van der Waals surface area contributed by atoms with Crippen LogP contribution in [0, 0.1) is 0 Å². The molecule has 1 aromatic heterocycles. The van der Waals surface area contributed by atoms with Crippen molar-refractivity contribution < 1.29 is 0 Å². The van der Waals surface area contributed by atoms with Crippen molar-refractivity contribution in [3.8, 4) is 0 Å². The van der Waals surface area contributed by atoms with Gasteiger partial charge in [0.05, 0.1) is 12.8 Å². The van der Waals surface area contributed by atoms with E-state index in [-0.39, 0.29) is 0 Å². The summed E-state index contributed by atoms with van der Waals surface area (Å²) in [6, 6.07) is 16.0. The lowest BCUT2D eigenvalue weighted by atomic mass is 10.2. The molecule has 3 aromatic rings. The average Bonchev–Trinajstić information content (AvgIpc) is 2.82. The molecule has 0 atom stereocenters. The first-order valence-corrected chi connectivity index (χ1v) is 7.17. The first kappa shape index (κ1) is 13.7. The van der Waals surface area contributed by atoms with Crippen LogP contribution in [-0.4, -0.2) is 10.8 Å². The second kappa shape index (κ2) is 6.02. The molecular formula is C17H16ClN3. The van der Waals surface area contributed by atoms with Gasteiger partial charge in [0.15, 0.2) is 0 Å². The molecule has 3 nitrogen and oxygen atoms in total. The van der Waals surface area contributed by atoms with E-state index in [2.05, 4.69) is 33.4 Å². The Kier molecular flexibility index (Phi) is 3.93. The Hall–Kier alpha value is -2.26. The van der Waals surface area contributed by atoms with Crippen molar-refractivity contribution in [2.24, 2.45) is 12.1 Å². The Morgan fingerprint density at radius 2 is 1.90 bits per heavy atom. The molecule has 1 heterocycles. The highest BCUT2D eigenvalue weighted by atomic mass is 35.5. The van der Waals surface area contributed by atoms with Gasteiger partial charge in [0, 0.05) is 34.7 Å². The summed E-state index contributed by atoms with van der Waals surface area (Å²) in [5, 5.41) is 6.25. The highest BCUT2D eigenvalue weighted by Crippen LogP contribution is 2.18. The van der Waals surface area contributed by atoms with Crippen LogP contribution in [0.5, 0.6) is 0 Å². The number of fused-ring (bicyclic) bond motifs is 1. The predicted octanol–water partition coefficient (Wildman–Crippen LogP) is 3.96. The number of hydrazone groups is 1. The minimum Gasteiger partial charge on any atom is -0.350 e. The zero-order chi connectivity index (χ0) is 14.7. The molecule has 0 saturated carbocycles. The first-order chi connectivity index (χ1) is 10.3. The molecule has 0 aliphatic carbocycles. The fourth-order valence-corrected chi connectivity index (χ4v) is 2.57. The lowest BCUT2D eigenvalue weighted by molar-refractivity contribution is 0.748. The van der Waals surface area contributed by atoms with Crippen molar-refractivity contribution in [1.29, 1.82) is 0 Å². The Morgan fingerprint density at radius 1 is 1.14 bits per heavy atom. The molecule has 0 bridgehead atoms. The first-order valence-electron chi connectivity index (χ1n) is 6.79. The normalized spacial score (nSPS) is 11.3. The van der Waals surface area contributed by atoms with Crippen LogP contribution in [0.25, 0.3) is 10.9 Å². The maximum absolute atomic E-state index is 6.11. The number of para-hydroxylation sites is 1. The van der Waals surface area contributed by atoms with Crippen molar-refractivity contribution in [2.45, 2.75) is 6.54 Å². The highest BCUT2D eigenvalue weighted by molar-refractivity contribution is 6.31. The molecule has 0 spiro atoms. The maximum atomic E-state index is 6.11. The second-order valence-corrected chi connectivity index (χ2v) is 5.30. The summed E-state index contributed by atoms with van der Waals surface area (Å²) in [4.78, 5) is 0. The summed E-state index contributed by atoms with van der Waals surface area (Å²) < 4.78 is 2.10. The van der Waals surface area contributed by atoms with Crippen LogP contribution < -0.4 is 5.43 Å². The van der Waals surface area contributed by atoms with Crippen LogP contribution in [0.2, 0.25) is 5.02 Å². The number of halogens is 1. The van der Waals surface area contributed by atoms with Gasteiger partial charge in [0.2, 0.25) is 0 Å². The lowest BCUT2D eigenvalue weighted by Gasteiger charge is -2.02. The fourth-order valence-electron chi connectivity index (χ4n) is 2.36. The molecule has 0 aliphatic rings. The van der Waals surface area contributed by atoms with Crippen molar-refractivity contribution in [3.05, 3.63) is 70.9 Å². The van der Waals surface area contributed by atoms with Gasteiger partial charge in [-0.15, -0.1) is 0 Å². The van der Waals surface area contributed by atoms with Gasteiger partial charge >= 0.3 is 0 Å². The number of aromatic nitrogens is 1. The molecule has 0 amide bonds. The van der Waals surface area contributed by atoms with Gasteiger partial charge in [-0.2, -0.15) is 5.10 Å². The number of nitrogens with zero attached hydrogens (tertiary/aromatic N) is 2. The monoisotopic (exact) mass is 297 g/mol. The third-order valence-electron chi connectivity index (χ3n) is 3.45. The van der Waals surface area contributed by atoms with Crippen LogP contribution in [-0.2, 0) is 13.6 Å². The van der Waals surface area contributed by atoms with Crippen LogP contribution >= 0.6 is 11.6 Å². The van der Waals surface area contributed by atoms with Gasteiger partial charge in [-0.1, -0.05) is 48.0 Å².